The lowest BCUT2D eigenvalue weighted by molar-refractivity contribution is -0.156. The largest absolute Gasteiger partial charge is 0.456 e. The molecule has 154 valence electrons. The van der Waals surface area contributed by atoms with Gasteiger partial charge in [-0.1, -0.05) is 13.5 Å². The van der Waals surface area contributed by atoms with E-state index in [-0.39, 0.29) is 11.5 Å². The minimum Gasteiger partial charge on any atom is -0.456 e. The number of carbonyl (C=O) groups is 1. The lowest BCUT2D eigenvalue weighted by atomic mass is 9.97. The van der Waals surface area contributed by atoms with Gasteiger partial charge in [-0.2, -0.15) is 0 Å². The van der Waals surface area contributed by atoms with Crippen molar-refractivity contribution in [3.8, 4) is 0 Å². The van der Waals surface area contributed by atoms with E-state index in [1.54, 1.807) is 6.92 Å². The van der Waals surface area contributed by atoms with E-state index in [1.807, 2.05) is 6.92 Å². The molecule has 0 aromatic rings. The Morgan fingerprint density at radius 2 is 1.58 bits per heavy atom. The highest BCUT2D eigenvalue weighted by atomic mass is 28.4. The van der Waals surface area contributed by atoms with Crippen LogP contribution in [0.2, 0.25) is 45.3 Å². The summed E-state index contributed by atoms with van der Waals surface area (Å²) < 4.78 is 18.0. The summed E-state index contributed by atoms with van der Waals surface area (Å²) in [6, 6.07) is 0.773. The standard InChI is InChI=1S/C17H38O6Si3/c1-13(2)17(20)21-16(15(19)12-18)14(3)10-11-24(22-25(4,5)6)23-26(7,8)9/h14-16,18-19,24H,1,10-12H2,2-9H3. The van der Waals surface area contributed by atoms with Gasteiger partial charge in [0.2, 0.25) is 0 Å². The molecule has 3 atom stereocenters. The number of esters is 1. The second-order valence-electron chi connectivity index (χ2n) is 8.84. The number of ether oxygens (including phenoxy) is 1. The van der Waals surface area contributed by atoms with Gasteiger partial charge < -0.3 is 23.2 Å². The van der Waals surface area contributed by atoms with E-state index in [1.165, 1.54) is 0 Å². The van der Waals surface area contributed by atoms with E-state index in [9.17, 15) is 15.0 Å². The van der Waals surface area contributed by atoms with Crippen molar-refractivity contribution in [2.24, 2.45) is 5.92 Å². The van der Waals surface area contributed by atoms with E-state index in [2.05, 4.69) is 45.9 Å². The first-order chi connectivity index (χ1) is 11.7. The van der Waals surface area contributed by atoms with Crippen molar-refractivity contribution in [2.45, 2.75) is 77.8 Å². The summed E-state index contributed by atoms with van der Waals surface area (Å²) in [6.45, 7) is 19.5. The quantitative estimate of drug-likeness (QED) is 0.286. The summed E-state index contributed by atoms with van der Waals surface area (Å²) in [5, 5.41) is 19.4. The molecule has 9 heteroatoms. The van der Waals surface area contributed by atoms with Crippen molar-refractivity contribution in [3.05, 3.63) is 12.2 Å². The molecule has 0 heterocycles. The predicted octanol–water partition coefficient (Wildman–Crippen LogP) is 2.78. The van der Waals surface area contributed by atoms with Crippen molar-refractivity contribution in [1.82, 2.24) is 0 Å². The van der Waals surface area contributed by atoms with Crippen LogP contribution in [-0.2, 0) is 17.8 Å². The fourth-order valence-corrected chi connectivity index (χ4v) is 11.1. The molecular weight excluding hydrogens is 384 g/mol. The van der Waals surface area contributed by atoms with Crippen molar-refractivity contribution in [3.63, 3.8) is 0 Å². The van der Waals surface area contributed by atoms with E-state index >= 15 is 0 Å². The zero-order valence-corrected chi connectivity index (χ0v) is 20.8. The molecule has 0 aromatic carbocycles. The second kappa shape index (κ2) is 10.9. The number of carbonyl (C=O) groups excluding carboxylic acids is 1. The lowest BCUT2D eigenvalue weighted by Crippen LogP contribution is -2.44. The zero-order chi connectivity index (χ0) is 20.7. The van der Waals surface area contributed by atoms with Crippen molar-refractivity contribution in [1.29, 1.82) is 0 Å². The molecule has 0 saturated heterocycles. The zero-order valence-electron chi connectivity index (χ0n) is 17.7. The third kappa shape index (κ3) is 11.4. The van der Waals surface area contributed by atoms with Gasteiger partial charge in [0.25, 0.3) is 0 Å². The lowest BCUT2D eigenvalue weighted by Gasteiger charge is -2.32. The molecule has 26 heavy (non-hydrogen) atoms. The van der Waals surface area contributed by atoms with Gasteiger partial charge in [0.15, 0.2) is 16.6 Å². The molecule has 0 aliphatic carbocycles. The van der Waals surface area contributed by atoms with Gasteiger partial charge in [0.05, 0.1) is 6.61 Å². The molecule has 0 rings (SSSR count). The molecule has 0 spiro atoms. The molecule has 6 nitrogen and oxygen atoms in total. The average Bonchev–Trinajstić information content (AvgIpc) is 2.45. The molecule has 0 aliphatic heterocycles. The van der Waals surface area contributed by atoms with E-state index < -0.39 is 50.7 Å². The number of hydrogen-bond acceptors (Lipinski definition) is 6. The summed E-state index contributed by atoms with van der Waals surface area (Å²) in [5.41, 5.74) is 0.267. The Kier molecular flexibility index (Phi) is 10.8. The summed E-state index contributed by atoms with van der Waals surface area (Å²) in [5.74, 6) is -0.689. The van der Waals surface area contributed by atoms with Crippen molar-refractivity contribution >= 4 is 31.9 Å². The third-order valence-electron chi connectivity index (χ3n) is 3.55. The van der Waals surface area contributed by atoms with Crippen LogP contribution in [0.4, 0.5) is 0 Å². The Morgan fingerprint density at radius 1 is 1.12 bits per heavy atom. The SMILES string of the molecule is C=C(C)C(=O)OC(C(C)CC[SiH](O[Si](C)(C)C)O[Si](C)(C)C)C(O)CO. The molecule has 0 amide bonds. The number of aliphatic hydroxyl groups excluding tert-OH is 2. The Bertz CT molecular complexity index is 442. The Balaban J connectivity index is 5.02. The van der Waals surface area contributed by atoms with E-state index in [0.29, 0.717) is 6.42 Å². The van der Waals surface area contributed by atoms with Crippen LogP contribution in [0.25, 0.3) is 0 Å². The monoisotopic (exact) mass is 422 g/mol. The number of hydrogen-bond donors (Lipinski definition) is 2. The molecule has 0 saturated carbocycles. The minimum absolute atomic E-state index is 0.133. The van der Waals surface area contributed by atoms with Crippen molar-refractivity contribution < 1.29 is 28.0 Å². The van der Waals surface area contributed by atoms with Crippen molar-refractivity contribution in [2.75, 3.05) is 6.61 Å². The average molecular weight is 423 g/mol. The fourth-order valence-electron chi connectivity index (χ4n) is 2.40. The van der Waals surface area contributed by atoms with Crippen LogP contribution in [0.15, 0.2) is 12.2 Å². The highest BCUT2D eigenvalue weighted by molar-refractivity contribution is 6.81. The molecule has 2 N–H and O–H groups in total. The summed E-state index contributed by atoms with van der Waals surface area (Å²) >= 11 is 0. The highest BCUT2D eigenvalue weighted by Gasteiger charge is 2.32. The predicted molar refractivity (Wildman–Crippen MR) is 112 cm³/mol. The van der Waals surface area contributed by atoms with Crippen LogP contribution < -0.4 is 0 Å². The maximum atomic E-state index is 11.8. The third-order valence-corrected chi connectivity index (χ3v) is 12.1. The Morgan fingerprint density at radius 3 is 1.92 bits per heavy atom. The molecule has 0 bridgehead atoms. The van der Waals surface area contributed by atoms with Gasteiger partial charge in [-0.25, -0.2) is 4.79 Å². The van der Waals surface area contributed by atoms with Crippen LogP contribution in [0, 0.1) is 5.92 Å². The first-order valence-electron chi connectivity index (χ1n) is 9.17. The molecule has 0 fully saturated rings. The van der Waals surface area contributed by atoms with Gasteiger partial charge in [0, 0.05) is 5.57 Å². The van der Waals surface area contributed by atoms with Crippen LogP contribution in [0.5, 0.6) is 0 Å². The first-order valence-corrected chi connectivity index (χ1v) is 17.7. The van der Waals surface area contributed by atoms with Gasteiger partial charge >= 0.3 is 15.3 Å². The molecule has 0 radical (unpaired) electrons. The molecule has 0 aromatic heterocycles. The highest BCUT2D eigenvalue weighted by Crippen LogP contribution is 2.23. The van der Waals surface area contributed by atoms with Crippen LogP contribution in [0.3, 0.4) is 0 Å². The second-order valence-corrected chi connectivity index (χ2v) is 20.6. The maximum absolute atomic E-state index is 11.8. The number of rotatable bonds is 12. The van der Waals surface area contributed by atoms with Gasteiger partial charge in [-0.05, 0) is 64.6 Å². The Labute approximate surface area is 162 Å². The van der Waals surface area contributed by atoms with Crippen LogP contribution in [-0.4, -0.2) is 60.9 Å². The summed E-state index contributed by atoms with van der Waals surface area (Å²) in [4.78, 5) is 11.8. The van der Waals surface area contributed by atoms with Crippen LogP contribution >= 0.6 is 0 Å². The normalized spacial score (nSPS) is 16.3. The fraction of sp³-hybridized carbons (Fsp3) is 0.824. The van der Waals surface area contributed by atoms with E-state index in [4.69, 9.17) is 13.0 Å². The van der Waals surface area contributed by atoms with Gasteiger partial charge in [0.1, 0.15) is 12.2 Å². The maximum Gasteiger partial charge on any atom is 0.333 e. The topological polar surface area (TPSA) is 85.2 Å². The van der Waals surface area contributed by atoms with Gasteiger partial charge in [-0.3, -0.25) is 0 Å². The summed E-state index contributed by atoms with van der Waals surface area (Å²) in [6.07, 6.45) is -1.21. The molecule has 3 unspecified atom stereocenters. The smallest absolute Gasteiger partial charge is 0.333 e. The van der Waals surface area contributed by atoms with Gasteiger partial charge in [-0.15, -0.1) is 0 Å². The Hall–Kier alpha value is -0.299. The number of aliphatic hydroxyl groups is 2. The van der Waals surface area contributed by atoms with Crippen LogP contribution in [0.1, 0.15) is 20.3 Å². The molecular formula is C17H38O6Si3. The molecule has 0 aliphatic rings. The van der Waals surface area contributed by atoms with E-state index in [0.717, 1.165) is 6.04 Å². The first kappa shape index (κ1) is 25.7. The summed E-state index contributed by atoms with van der Waals surface area (Å²) in [7, 11) is -5.29. The minimum atomic E-state index is -1.86.